The Hall–Kier alpha value is -3.19. The van der Waals surface area contributed by atoms with Gasteiger partial charge in [0.05, 0.1) is 24.1 Å². The van der Waals surface area contributed by atoms with Crippen molar-refractivity contribution in [3.63, 3.8) is 0 Å². The maximum absolute atomic E-state index is 13.4. The number of amides is 1. The minimum absolute atomic E-state index is 0.0633. The van der Waals surface area contributed by atoms with Crippen molar-refractivity contribution in [3.05, 3.63) is 77.4 Å². The molecule has 1 saturated heterocycles. The second-order valence-corrected chi connectivity index (χ2v) is 9.54. The number of hydrogen-bond donors (Lipinski definition) is 1. The first-order valence-corrected chi connectivity index (χ1v) is 12.3. The van der Waals surface area contributed by atoms with E-state index in [1.54, 1.807) is 4.68 Å². The molecule has 0 saturated carbocycles. The first kappa shape index (κ1) is 24.9. The summed E-state index contributed by atoms with van der Waals surface area (Å²) >= 11 is 0. The largest absolute Gasteiger partial charge is 0.484 e. The molecule has 35 heavy (non-hydrogen) atoms. The molecule has 2 aromatic carbocycles. The number of ether oxygens (including phenoxy) is 2. The van der Waals surface area contributed by atoms with E-state index in [0.717, 1.165) is 29.8 Å². The summed E-state index contributed by atoms with van der Waals surface area (Å²) in [6.45, 7) is 9.51. The Morgan fingerprint density at radius 3 is 2.69 bits per heavy atom. The number of carbonyl (C=O) groups is 1. The number of rotatable bonds is 8. The molecule has 1 amide bonds. The van der Waals surface area contributed by atoms with Crippen molar-refractivity contribution in [3.8, 4) is 5.75 Å². The van der Waals surface area contributed by atoms with Crippen LogP contribution < -0.4 is 10.1 Å². The van der Waals surface area contributed by atoms with Crippen LogP contribution in [0.3, 0.4) is 0 Å². The summed E-state index contributed by atoms with van der Waals surface area (Å²) in [5.41, 5.74) is 3.62. The average Bonchev–Trinajstić information content (AvgIpc) is 3.22. The Morgan fingerprint density at radius 1 is 1.23 bits per heavy atom. The molecule has 1 aliphatic rings. The zero-order valence-electron chi connectivity index (χ0n) is 20.8. The summed E-state index contributed by atoms with van der Waals surface area (Å²) in [4.78, 5) is 12.4. The second kappa shape index (κ2) is 11.0. The molecule has 1 aliphatic heterocycles. The lowest BCUT2D eigenvalue weighted by Gasteiger charge is -2.39. The SMILES string of the molecule is CCn1cc(NC(=O)COc2cccc([C@@H]3OC[C@@H](c4ccc(F)cc4)C[C@H]3C(C)C)c2)c(C)n1. The number of nitrogens with zero attached hydrogens (tertiary/aromatic N) is 2. The van der Waals surface area contributed by atoms with Gasteiger partial charge in [-0.05, 0) is 67.5 Å². The molecule has 186 valence electrons. The Kier molecular flexibility index (Phi) is 7.86. The predicted molar refractivity (Wildman–Crippen MR) is 134 cm³/mol. The van der Waals surface area contributed by atoms with Gasteiger partial charge in [-0.25, -0.2) is 4.39 Å². The lowest BCUT2D eigenvalue weighted by molar-refractivity contribution is -0.118. The zero-order valence-corrected chi connectivity index (χ0v) is 20.8. The van der Waals surface area contributed by atoms with Crippen LogP contribution in [-0.2, 0) is 16.1 Å². The zero-order chi connectivity index (χ0) is 24.9. The fourth-order valence-corrected chi connectivity index (χ4v) is 4.72. The fraction of sp³-hybridized carbons (Fsp3) is 0.429. The molecule has 0 unspecified atom stereocenters. The number of aromatic nitrogens is 2. The van der Waals surface area contributed by atoms with E-state index >= 15 is 0 Å². The summed E-state index contributed by atoms with van der Waals surface area (Å²) in [6.07, 6.45) is 2.72. The van der Waals surface area contributed by atoms with Gasteiger partial charge in [0, 0.05) is 18.7 Å². The van der Waals surface area contributed by atoms with Gasteiger partial charge in [-0.3, -0.25) is 9.48 Å². The molecule has 4 rings (SSSR count). The van der Waals surface area contributed by atoms with Crippen molar-refractivity contribution >= 4 is 11.6 Å². The van der Waals surface area contributed by atoms with Crippen molar-refractivity contribution < 1.29 is 18.7 Å². The van der Waals surface area contributed by atoms with E-state index in [9.17, 15) is 9.18 Å². The molecule has 0 spiro atoms. The lowest BCUT2D eigenvalue weighted by Crippen LogP contribution is -2.31. The number of benzene rings is 2. The third-order valence-electron chi connectivity index (χ3n) is 6.72. The van der Waals surface area contributed by atoms with Gasteiger partial charge >= 0.3 is 0 Å². The van der Waals surface area contributed by atoms with Crippen molar-refractivity contribution in [1.82, 2.24) is 9.78 Å². The van der Waals surface area contributed by atoms with Gasteiger partial charge in [0.1, 0.15) is 11.6 Å². The number of halogens is 1. The molecule has 0 aliphatic carbocycles. The highest BCUT2D eigenvalue weighted by atomic mass is 19.1. The molecular formula is C28H34FN3O3. The number of carbonyl (C=O) groups excluding carboxylic acids is 1. The van der Waals surface area contributed by atoms with Crippen LogP contribution in [0.25, 0.3) is 0 Å². The summed E-state index contributed by atoms with van der Waals surface area (Å²) in [5.74, 6) is 1.13. The van der Waals surface area contributed by atoms with Crippen molar-refractivity contribution in [2.75, 3.05) is 18.5 Å². The Balaban J connectivity index is 1.40. The van der Waals surface area contributed by atoms with Gasteiger partial charge in [0.25, 0.3) is 5.91 Å². The molecule has 0 bridgehead atoms. The minimum Gasteiger partial charge on any atom is -0.484 e. The monoisotopic (exact) mass is 479 g/mol. The molecule has 1 N–H and O–H groups in total. The molecule has 7 heteroatoms. The normalized spacial score (nSPS) is 20.1. The molecule has 6 nitrogen and oxygen atoms in total. The van der Waals surface area contributed by atoms with Gasteiger partial charge in [0.2, 0.25) is 0 Å². The Morgan fingerprint density at radius 2 is 2.00 bits per heavy atom. The highest BCUT2D eigenvalue weighted by Crippen LogP contribution is 2.44. The number of nitrogens with one attached hydrogen (secondary N) is 1. The minimum atomic E-state index is -0.231. The molecule has 1 aromatic heterocycles. The predicted octanol–water partition coefficient (Wildman–Crippen LogP) is 5.89. The fourth-order valence-electron chi connectivity index (χ4n) is 4.72. The number of aryl methyl sites for hydroxylation is 2. The highest BCUT2D eigenvalue weighted by Gasteiger charge is 2.35. The third kappa shape index (κ3) is 6.09. The summed E-state index contributed by atoms with van der Waals surface area (Å²) in [5, 5.41) is 7.21. The van der Waals surface area contributed by atoms with Gasteiger partial charge in [-0.2, -0.15) is 5.10 Å². The second-order valence-electron chi connectivity index (χ2n) is 9.54. The number of hydrogen-bond acceptors (Lipinski definition) is 4. The van der Waals surface area contributed by atoms with Crippen LogP contribution in [0.5, 0.6) is 5.75 Å². The van der Waals surface area contributed by atoms with Gasteiger partial charge < -0.3 is 14.8 Å². The van der Waals surface area contributed by atoms with E-state index in [1.165, 1.54) is 12.1 Å². The van der Waals surface area contributed by atoms with Gasteiger partial charge in [0.15, 0.2) is 6.61 Å². The van der Waals surface area contributed by atoms with Crippen LogP contribution >= 0.6 is 0 Å². The third-order valence-corrected chi connectivity index (χ3v) is 6.72. The summed E-state index contributed by atoms with van der Waals surface area (Å²) in [6, 6.07) is 14.5. The standard InChI is InChI=1S/C28H34FN3O3/c1-5-32-15-26(19(4)31-32)30-27(33)17-34-24-8-6-7-21(13-24)28-25(18(2)3)14-22(16-35-28)20-9-11-23(29)12-10-20/h6-13,15,18,22,25,28H,5,14,16-17H2,1-4H3,(H,30,33)/t22-,25-,28-/m0/s1. The Bertz CT molecular complexity index is 1140. The van der Waals surface area contributed by atoms with Crippen LogP contribution in [0.2, 0.25) is 0 Å². The Labute approximate surface area is 206 Å². The summed E-state index contributed by atoms with van der Waals surface area (Å²) in [7, 11) is 0. The topological polar surface area (TPSA) is 65.4 Å². The highest BCUT2D eigenvalue weighted by molar-refractivity contribution is 5.92. The van der Waals surface area contributed by atoms with Crippen molar-refractivity contribution in [2.24, 2.45) is 11.8 Å². The molecule has 1 fully saturated rings. The smallest absolute Gasteiger partial charge is 0.262 e. The van der Waals surface area contributed by atoms with E-state index in [0.29, 0.717) is 29.9 Å². The maximum Gasteiger partial charge on any atom is 0.262 e. The van der Waals surface area contributed by atoms with Crippen molar-refractivity contribution in [2.45, 2.75) is 52.7 Å². The molecule has 3 atom stereocenters. The van der Waals surface area contributed by atoms with Crippen LogP contribution in [-0.4, -0.2) is 28.9 Å². The average molecular weight is 480 g/mol. The maximum atomic E-state index is 13.4. The van der Waals surface area contributed by atoms with Gasteiger partial charge in [-0.15, -0.1) is 0 Å². The molecule has 2 heterocycles. The van der Waals surface area contributed by atoms with Crippen LogP contribution in [0, 0.1) is 24.6 Å². The van der Waals surface area contributed by atoms with E-state index in [2.05, 4.69) is 24.3 Å². The van der Waals surface area contributed by atoms with E-state index in [1.807, 2.05) is 56.4 Å². The van der Waals surface area contributed by atoms with Crippen LogP contribution in [0.4, 0.5) is 10.1 Å². The van der Waals surface area contributed by atoms with Crippen LogP contribution in [0.1, 0.15) is 56.0 Å². The van der Waals surface area contributed by atoms with Crippen molar-refractivity contribution in [1.29, 1.82) is 0 Å². The van der Waals surface area contributed by atoms with Crippen LogP contribution in [0.15, 0.2) is 54.7 Å². The first-order chi connectivity index (χ1) is 16.8. The molecular weight excluding hydrogens is 445 g/mol. The van der Waals surface area contributed by atoms with E-state index in [-0.39, 0.29) is 30.4 Å². The van der Waals surface area contributed by atoms with Gasteiger partial charge in [-0.1, -0.05) is 38.1 Å². The first-order valence-electron chi connectivity index (χ1n) is 12.3. The quantitative estimate of drug-likeness (QED) is 0.438. The van der Waals surface area contributed by atoms with E-state index < -0.39 is 0 Å². The number of anilines is 1. The van der Waals surface area contributed by atoms with E-state index in [4.69, 9.17) is 9.47 Å². The lowest BCUT2D eigenvalue weighted by atomic mass is 9.76. The molecule has 3 aromatic rings. The molecule has 0 radical (unpaired) electrons. The summed E-state index contributed by atoms with van der Waals surface area (Å²) < 4.78 is 27.3.